The molecule has 2 aromatic carbocycles. The number of thiazole rings is 1. The van der Waals surface area contributed by atoms with Crippen molar-refractivity contribution in [3.05, 3.63) is 65.2 Å². The van der Waals surface area contributed by atoms with E-state index in [-0.39, 0.29) is 12.0 Å². The molecule has 0 aliphatic rings. The number of carbonyl (C=O) groups is 1. The van der Waals surface area contributed by atoms with Crippen molar-refractivity contribution >= 4 is 17.2 Å². The number of amides is 1. The van der Waals surface area contributed by atoms with Gasteiger partial charge in [0.25, 0.3) is 5.91 Å². The Kier molecular flexibility index (Phi) is 6.66. The van der Waals surface area contributed by atoms with Crippen molar-refractivity contribution in [3.8, 4) is 22.1 Å². The molecule has 0 saturated carbocycles. The van der Waals surface area contributed by atoms with Gasteiger partial charge in [0.15, 0.2) is 0 Å². The van der Waals surface area contributed by atoms with E-state index in [0.29, 0.717) is 18.7 Å². The van der Waals surface area contributed by atoms with Crippen molar-refractivity contribution in [1.29, 1.82) is 0 Å². The second kappa shape index (κ2) is 9.37. The summed E-state index contributed by atoms with van der Waals surface area (Å²) >= 11 is 1.44. The van der Waals surface area contributed by atoms with E-state index in [2.05, 4.69) is 10.3 Å². The molecule has 3 aromatic rings. The van der Waals surface area contributed by atoms with Crippen LogP contribution in [0.15, 0.2) is 53.9 Å². The fraction of sp³-hybridized carbons (Fsp3) is 0.273. The molecule has 1 N–H and O–H groups in total. The van der Waals surface area contributed by atoms with Crippen LogP contribution in [0.1, 0.15) is 29.9 Å². The second-order valence-electron chi connectivity index (χ2n) is 6.52. The van der Waals surface area contributed by atoms with E-state index in [4.69, 9.17) is 9.47 Å². The van der Waals surface area contributed by atoms with Gasteiger partial charge in [-0.1, -0.05) is 30.3 Å². The van der Waals surface area contributed by atoms with Crippen molar-refractivity contribution in [2.24, 2.45) is 0 Å². The van der Waals surface area contributed by atoms with Crippen LogP contribution in [0.25, 0.3) is 10.6 Å². The molecule has 3 rings (SSSR count). The molecule has 1 aromatic heterocycles. The minimum absolute atomic E-state index is 0.0684. The van der Waals surface area contributed by atoms with Crippen LogP contribution in [0.4, 0.5) is 0 Å². The van der Waals surface area contributed by atoms with Crippen LogP contribution in [0.2, 0.25) is 0 Å². The number of aromatic nitrogens is 1. The molecule has 5 nitrogen and oxygen atoms in total. The molecule has 1 heterocycles. The Labute approximate surface area is 169 Å². The number of nitrogens with one attached hydrogen (secondary N) is 1. The highest BCUT2D eigenvalue weighted by Crippen LogP contribution is 2.32. The van der Waals surface area contributed by atoms with Gasteiger partial charge in [0.2, 0.25) is 0 Å². The Hall–Kier alpha value is -2.86. The van der Waals surface area contributed by atoms with Crippen molar-refractivity contribution in [1.82, 2.24) is 10.3 Å². The summed E-state index contributed by atoms with van der Waals surface area (Å²) in [6, 6.07) is 15.6. The van der Waals surface area contributed by atoms with Crippen molar-refractivity contribution in [2.75, 3.05) is 13.7 Å². The fourth-order valence-electron chi connectivity index (χ4n) is 2.81. The summed E-state index contributed by atoms with van der Waals surface area (Å²) in [5, 5.41) is 5.48. The Balaban J connectivity index is 1.65. The number of rotatable bonds is 8. The van der Waals surface area contributed by atoms with Gasteiger partial charge in [-0.2, -0.15) is 0 Å². The minimum Gasteiger partial charge on any atom is -0.496 e. The molecule has 0 fully saturated rings. The number of methoxy groups -OCH3 is 1. The van der Waals surface area contributed by atoms with Crippen molar-refractivity contribution in [3.63, 3.8) is 0 Å². The molecule has 0 radical (unpaired) electrons. The van der Waals surface area contributed by atoms with E-state index in [1.54, 1.807) is 12.5 Å². The van der Waals surface area contributed by atoms with Crippen LogP contribution in [0.3, 0.4) is 0 Å². The number of ether oxygens (including phenoxy) is 2. The van der Waals surface area contributed by atoms with E-state index in [0.717, 1.165) is 27.6 Å². The minimum atomic E-state index is -0.181. The van der Waals surface area contributed by atoms with E-state index in [9.17, 15) is 4.79 Å². The Morgan fingerprint density at radius 3 is 2.57 bits per heavy atom. The van der Waals surface area contributed by atoms with Gasteiger partial charge < -0.3 is 14.8 Å². The maximum Gasteiger partial charge on any atom is 0.270 e. The van der Waals surface area contributed by atoms with Crippen molar-refractivity contribution < 1.29 is 14.3 Å². The number of carbonyl (C=O) groups excluding carboxylic acids is 1. The van der Waals surface area contributed by atoms with Crippen LogP contribution in [0.5, 0.6) is 11.5 Å². The topological polar surface area (TPSA) is 60.5 Å². The zero-order chi connectivity index (χ0) is 19.9. The molecule has 0 unspecified atom stereocenters. The van der Waals surface area contributed by atoms with Gasteiger partial charge in [-0.25, -0.2) is 4.98 Å². The summed E-state index contributed by atoms with van der Waals surface area (Å²) in [6.07, 6.45) is 0.761. The summed E-state index contributed by atoms with van der Waals surface area (Å²) in [5.74, 6) is 1.42. The molecule has 28 heavy (non-hydrogen) atoms. The molecular formula is C22H24N2O3S. The number of nitrogens with zero attached hydrogens (tertiary/aromatic N) is 1. The van der Waals surface area contributed by atoms with E-state index < -0.39 is 0 Å². The SMILES string of the molecule is COc1ccccc1CCNC(=O)c1csc(-c2ccccc2OC(C)C)n1. The highest BCUT2D eigenvalue weighted by Gasteiger charge is 2.15. The van der Waals surface area contributed by atoms with Gasteiger partial charge in [-0.15, -0.1) is 11.3 Å². The molecule has 0 saturated heterocycles. The number of benzene rings is 2. The summed E-state index contributed by atoms with van der Waals surface area (Å²) < 4.78 is 11.2. The second-order valence-corrected chi connectivity index (χ2v) is 7.38. The first kappa shape index (κ1) is 19.9. The third kappa shape index (κ3) is 4.89. The van der Waals surface area contributed by atoms with Crippen molar-refractivity contribution in [2.45, 2.75) is 26.4 Å². The molecule has 0 aliphatic carbocycles. The standard InChI is InChI=1S/C22H24N2O3S/c1-15(2)27-20-11-7-5-9-17(20)22-24-18(14-28-22)21(25)23-13-12-16-8-4-6-10-19(16)26-3/h4-11,14-15H,12-13H2,1-3H3,(H,23,25). The van der Waals surface area contributed by atoms with Gasteiger partial charge in [0.1, 0.15) is 22.2 Å². The molecule has 0 aliphatic heterocycles. The third-order valence-electron chi connectivity index (χ3n) is 4.09. The Bertz CT molecular complexity index is 937. The highest BCUT2D eigenvalue weighted by atomic mass is 32.1. The Morgan fingerprint density at radius 2 is 1.82 bits per heavy atom. The normalized spacial score (nSPS) is 10.7. The quantitative estimate of drug-likeness (QED) is 0.605. The zero-order valence-corrected chi connectivity index (χ0v) is 17.1. The summed E-state index contributed by atoms with van der Waals surface area (Å²) in [7, 11) is 1.65. The number of hydrogen-bond donors (Lipinski definition) is 1. The van der Waals surface area contributed by atoms with Crippen LogP contribution >= 0.6 is 11.3 Å². The third-order valence-corrected chi connectivity index (χ3v) is 4.96. The summed E-state index contributed by atoms with van der Waals surface area (Å²) in [6.45, 7) is 4.48. The van der Waals surface area contributed by atoms with E-state index in [1.807, 2.05) is 62.4 Å². The highest BCUT2D eigenvalue weighted by molar-refractivity contribution is 7.13. The average molecular weight is 397 g/mol. The molecule has 146 valence electrons. The van der Waals surface area contributed by atoms with Gasteiger partial charge in [-0.05, 0) is 44.0 Å². The van der Waals surface area contributed by atoms with Gasteiger partial charge in [0, 0.05) is 11.9 Å². The maximum atomic E-state index is 12.5. The zero-order valence-electron chi connectivity index (χ0n) is 16.3. The molecule has 0 atom stereocenters. The predicted molar refractivity (Wildman–Crippen MR) is 112 cm³/mol. The average Bonchev–Trinajstić information content (AvgIpc) is 3.18. The number of para-hydroxylation sites is 2. The van der Waals surface area contributed by atoms with Gasteiger partial charge in [0.05, 0.1) is 18.8 Å². The first-order valence-electron chi connectivity index (χ1n) is 9.20. The van der Waals surface area contributed by atoms with E-state index in [1.165, 1.54) is 11.3 Å². The van der Waals surface area contributed by atoms with Crippen LogP contribution < -0.4 is 14.8 Å². The van der Waals surface area contributed by atoms with Gasteiger partial charge in [-0.3, -0.25) is 4.79 Å². The van der Waals surface area contributed by atoms with Crippen LogP contribution in [-0.2, 0) is 6.42 Å². The molecule has 6 heteroatoms. The lowest BCUT2D eigenvalue weighted by atomic mass is 10.1. The largest absolute Gasteiger partial charge is 0.496 e. The summed E-state index contributed by atoms with van der Waals surface area (Å²) in [4.78, 5) is 17.0. The predicted octanol–water partition coefficient (Wildman–Crippen LogP) is 4.58. The van der Waals surface area contributed by atoms with Crippen LogP contribution in [-0.4, -0.2) is 30.6 Å². The lowest BCUT2D eigenvalue weighted by Gasteiger charge is -2.12. The monoisotopic (exact) mass is 396 g/mol. The summed E-state index contributed by atoms with van der Waals surface area (Å²) in [5.41, 5.74) is 2.37. The first-order valence-corrected chi connectivity index (χ1v) is 10.1. The van der Waals surface area contributed by atoms with Crippen LogP contribution in [0, 0.1) is 0 Å². The molecular weight excluding hydrogens is 372 g/mol. The molecule has 0 bridgehead atoms. The smallest absolute Gasteiger partial charge is 0.270 e. The first-order chi connectivity index (χ1) is 13.6. The van der Waals surface area contributed by atoms with Gasteiger partial charge >= 0.3 is 0 Å². The molecule has 0 spiro atoms. The molecule has 1 amide bonds. The number of hydrogen-bond acceptors (Lipinski definition) is 5. The maximum absolute atomic E-state index is 12.5. The van der Waals surface area contributed by atoms with E-state index >= 15 is 0 Å². The Morgan fingerprint density at radius 1 is 1.11 bits per heavy atom. The fourth-order valence-corrected chi connectivity index (χ4v) is 3.64. The lowest BCUT2D eigenvalue weighted by molar-refractivity contribution is 0.0950. The lowest BCUT2D eigenvalue weighted by Crippen LogP contribution is -2.26.